The molecule has 1 aromatic rings. The molecule has 0 atom stereocenters. The zero-order valence-electron chi connectivity index (χ0n) is 9.05. The summed E-state index contributed by atoms with van der Waals surface area (Å²) in [6.45, 7) is 2.15. The first kappa shape index (κ1) is 9.22. The Hall–Kier alpha value is -1.02. The summed E-state index contributed by atoms with van der Waals surface area (Å²) in [6.07, 6.45) is 5.33. The second-order valence-corrected chi connectivity index (χ2v) is 4.68. The van der Waals surface area contributed by atoms with Crippen LogP contribution in [-0.4, -0.2) is 12.6 Å². The average Bonchev–Trinajstić information content (AvgIpc) is 2.62. The highest BCUT2D eigenvalue weighted by molar-refractivity contribution is 5.56. The van der Waals surface area contributed by atoms with Crippen molar-refractivity contribution in [2.45, 2.75) is 38.3 Å². The van der Waals surface area contributed by atoms with Gasteiger partial charge in [-0.05, 0) is 36.5 Å². The van der Waals surface area contributed by atoms with Gasteiger partial charge in [0.25, 0.3) is 0 Å². The third-order valence-corrected chi connectivity index (χ3v) is 3.58. The maximum atomic E-state index is 3.61. The van der Waals surface area contributed by atoms with Crippen LogP contribution in [0.3, 0.4) is 0 Å². The third-order valence-electron chi connectivity index (χ3n) is 3.58. The van der Waals surface area contributed by atoms with Crippen molar-refractivity contribution in [3.05, 3.63) is 29.3 Å². The second kappa shape index (κ2) is 3.86. The highest BCUT2D eigenvalue weighted by atomic mass is 14.9. The van der Waals surface area contributed by atoms with E-state index in [9.17, 15) is 0 Å². The monoisotopic (exact) mass is 202 g/mol. The molecule has 0 amide bonds. The van der Waals surface area contributed by atoms with E-state index in [-0.39, 0.29) is 0 Å². The average molecular weight is 202 g/mol. The molecule has 1 aliphatic heterocycles. The van der Waals surface area contributed by atoms with Gasteiger partial charge < -0.3 is 10.6 Å². The summed E-state index contributed by atoms with van der Waals surface area (Å²) in [4.78, 5) is 0. The summed E-state index contributed by atoms with van der Waals surface area (Å²) in [5.74, 6) is 0. The predicted octanol–water partition coefficient (Wildman–Crippen LogP) is 2.30. The largest absolute Gasteiger partial charge is 0.384 e. The first-order valence-electron chi connectivity index (χ1n) is 6.01. The zero-order chi connectivity index (χ0) is 10.1. The number of nitrogens with one attached hydrogen (secondary N) is 2. The van der Waals surface area contributed by atoms with Gasteiger partial charge >= 0.3 is 0 Å². The fraction of sp³-hybridized carbons (Fsp3) is 0.538. The minimum atomic E-state index is 0.788. The molecule has 2 nitrogen and oxygen atoms in total. The van der Waals surface area contributed by atoms with Crippen molar-refractivity contribution in [2.75, 3.05) is 11.9 Å². The fourth-order valence-electron chi connectivity index (χ4n) is 2.34. The van der Waals surface area contributed by atoms with Crippen molar-refractivity contribution < 1.29 is 0 Å². The van der Waals surface area contributed by atoms with Gasteiger partial charge in [0.15, 0.2) is 0 Å². The number of anilines is 1. The normalized spacial score (nSPS) is 19.5. The van der Waals surface area contributed by atoms with Crippen molar-refractivity contribution in [3.8, 4) is 0 Å². The Morgan fingerprint density at radius 2 is 2.27 bits per heavy atom. The molecule has 15 heavy (non-hydrogen) atoms. The van der Waals surface area contributed by atoms with Gasteiger partial charge in [0.05, 0.1) is 0 Å². The molecule has 0 spiro atoms. The van der Waals surface area contributed by atoms with Crippen LogP contribution in [0.4, 0.5) is 5.69 Å². The van der Waals surface area contributed by atoms with Gasteiger partial charge in [-0.1, -0.05) is 18.6 Å². The van der Waals surface area contributed by atoms with E-state index in [0.29, 0.717) is 0 Å². The molecular weight excluding hydrogens is 184 g/mol. The highest BCUT2D eigenvalue weighted by Crippen LogP contribution is 2.23. The lowest BCUT2D eigenvalue weighted by molar-refractivity contribution is 0.338. The molecule has 2 N–H and O–H groups in total. The van der Waals surface area contributed by atoms with Gasteiger partial charge in [0.1, 0.15) is 0 Å². The highest BCUT2D eigenvalue weighted by Gasteiger charge is 2.16. The van der Waals surface area contributed by atoms with E-state index < -0.39 is 0 Å². The lowest BCUT2D eigenvalue weighted by Gasteiger charge is -2.26. The molecule has 80 valence electrons. The minimum absolute atomic E-state index is 0.788. The van der Waals surface area contributed by atoms with Crippen LogP contribution in [0.2, 0.25) is 0 Å². The van der Waals surface area contributed by atoms with Crippen molar-refractivity contribution in [3.63, 3.8) is 0 Å². The first-order valence-corrected chi connectivity index (χ1v) is 6.01. The SMILES string of the molecule is c1cc2c(cc1CNC1CCC1)CCN2. The molecule has 1 aliphatic carbocycles. The van der Waals surface area contributed by atoms with Crippen LogP contribution in [0.25, 0.3) is 0 Å². The van der Waals surface area contributed by atoms with Crippen LogP contribution in [0.15, 0.2) is 18.2 Å². The molecule has 1 heterocycles. The Bertz CT molecular complexity index is 356. The van der Waals surface area contributed by atoms with E-state index in [1.54, 1.807) is 0 Å². The van der Waals surface area contributed by atoms with E-state index in [1.165, 1.54) is 42.5 Å². The summed E-state index contributed by atoms with van der Waals surface area (Å²) in [5.41, 5.74) is 4.26. The number of fused-ring (bicyclic) bond motifs is 1. The van der Waals surface area contributed by atoms with Crippen LogP contribution in [0.5, 0.6) is 0 Å². The molecule has 2 heteroatoms. The molecule has 0 unspecified atom stereocenters. The van der Waals surface area contributed by atoms with Crippen LogP contribution in [-0.2, 0) is 13.0 Å². The van der Waals surface area contributed by atoms with E-state index in [2.05, 4.69) is 28.8 Å². The molecule has 0 saturated heterocycles. The molecular formula is C13H18N2. The molecule has 0 radical (unpaired) electrons. The van der Waals surface area contributed by atoms with Crippen LogP contribution < -0.4 is 10.6 Å². The Morgan fingerprint density at radius 1 is 1.33 bits per heavy atom. The van der Waals surface area contributed by atoms with Crippen LogP contribution in [0, 0.1) is 0 Å². The number of benzene rings is 1. The van der Waals surface area contributed by atoms with Gasteiger partial charge in [-0.15, -0.1) is 0 Å². The number of rotatable bonds is 3. The Morgan fingerprint density at radius 3 is 3.07 bits per heavy atom. The molecule has 2 aliphatic rings. The molecule has 1 aromatic carbocycles. The van der Waals surface area contributed by atoms with Crippen LogP contribution >= 0.6 is 0 Å². The van der Waals surface area contributed by atoms with Crippen molar-refractivity contribution in [1.29, 1.82) is 0 Å². The smallest absolute Gasteiger partial charge is 0.0373 e. The Balaban J connectivity index is 1.64. The van der Waals surface area contributed by atoms with E-state index >= 15 is 0 Å². The van der Waals surface area contributed by atoms with Gasteiger partial charge in [0, 0.05) is 24.8 Å². The Labute approximate surface area is 91.1 Å². The Kier molecular flexibility index (Phi) is 2.37. The molecule has 1 saturated carbocycles. The summed E-state index contributed by atoms with van der Waals surface area (Å²) in [6, 6.07) is 7.60. The summed E-state index contributed by atoms with van der Waals surface area (Å²) >= 11 is 0. The molecule has 1 fully saturated rings. The van der Waals surface area contributed by atoms with Crippen molar-refractivity contribution in [2.24, 2.45) is 0 Å². The summed E-state index contributed by atoms with van der Waals surface area (Å²) in [7, 11) is 0. The minimum Gasteiger partial charge on any atom is -0.384 e. The number of hydrogen-bond acceptors (Lipinski definition) is 2. The van der Waals surface area contributed by atoms with Gasteiger partial charge in [-0.25, -0.2) is 0 Å². The van der Waals surface area contributed by atoms with E-state index in [4.69, 9.17) is 0 Å². The third kappa shape index (κ3) is 1.86. The first-order chi connectivity index (χ1) is 7.42. The topological polar surface area (TPSA) is 24.1 Å². The predicted molar refractivity (Wildman–Crippen MR) is 63.1 cm³/mol. The van der Waals surface area contributed by atoms with Crippen LogP contribution in [0.1, 0.15) is 30.4 Å². The van der Waals surface area contributed by atoms with E-state index in [0.717, 1.165) is 19.1 Å². The fourth-order valence-corrected chi connectivity index (χ4v) is 2.34. The molecule has 0 aromatic heterocycles. The lowest BCUT2D eigenvalue weighted by atomic mass is 9.93. The van der Waals surface area contributed by atoms with E-state index in [1.807, 2.05) is 0 Å². The summed E-state index contributed by atoms with van der Waals surface area (Å²) < 4.78 is 0. The standard InChI is InChI=1S/C13H18N2/c1-2-12(3-1)15-9-10-4-5-13-11(8-10)6-7-14-13/h4-5,8,12,14-15H,1-3,6-7,9H2. The zero-order valence-corrected chi connectivity index (χ0v) is 9.05. The maximum Gasteiger partial charge on any atom is 0.0373 e. The van der Waals surface area contributed by atoms with Gasteiger partial charge in [-0.3, -0.25) is 0 Å². The second-order valence-electron chi connectivity index (χ2n) is 4.68. The van der Waals surface area contributed by atoms with Crippen molar-refractivity contribution >= 4 is 5.69 Å². The maximum absolute atomic E-state index is 3.61. The quantitative estimate of drug-likeness (QED) is 0.786. The lowest BCUT2D eigenvalue weighted by Crippen LogP contribution is -2.34. The van der Waals surface area contributed by atoms with Crippen molar-refractivity contribution in [1.82, 2.24) is 5.32 Å². The number of hydrogen-bond donors (Lipinski definition) is 2. The van der Waals surface area contributed by atoms with Gasteiger partial charge in [-0.2, -0.15) is 0 Å². The van der Waals surface area contributed by atoms with Gasteiger partial charge in [0.2, 0.25) is 0 Å². The molecule has 3 rings (SSSR count). The summed E-state index contributed by atoms with van der Waals surface area (Å²) in [5, 5.41) is 7.00. The molecule has 0 bridgehead atoms.